The number of hydrogen-bond donors (Lipinski definition) is 1. The fourth-order valence-corrected chi connectivity index (χ4v) is 2.82. The average molecular weight is 278 g/mol. The number of carbonyl (C=O) groups excluding carboxylic acids is 2. The number of amides is 2. The summed E-state index contributed by atoms with van der Waals surface area (Å²) in [6, 6.07) is 3.20. The Kier molecular flexibility index (Phi) is 4.16. The molecule has 1 atom stereocenters. The van der Waals surface area contributed by atoms with Crippen molar-refractivity contribution in [2.45, 2.75) is 58.2 Å². The average Bonchev–Trinajstić information content (AvgIpc) is 2.96. The van der Waals surface area contributed by atoms with Crippen molar-refractivity contribution in [1.82, 2.24) is 10.2 Å². The van der Waals surface area contributed by atoms with Crippen molar-refractivity contribution in [3.05, 3.63) is 24.2 Å². The van der Waals surface area contributed by atoms with Crippen molar-refractivity contribution in [2.24, 2.45) is 0 Å². The molecular weight excluding hydrogens is 256 g/mol. The van der Waals surface area contributed by atoms with Gasteiger partial charge in [-0.2, -0.15) is 0 Å². The molecule has 1 aromatic heterocycles. The highest BCUT2D eigenvalue weighted by Crippen LogP contribution is 2.27. The lowest BCUT2D eigenvalue weighted by molar-refractivity contribution is -0.156. The molecule has 0 saturated carbocycles. The summed E-state index contributed by atoms with van der Waals surface area (Å²) >= 11 is 0. The van der Waals surface area contributed by atoms with E-state index in [1.807, 2.05) is 26.8 Å². The fourth-order valence-electron chi connectivity index (χ4n) is 2.82. The highest BCUT2D eigenvalue weighted by Gasteiger charge is 2.48. The zero-order valence-corrected chi connectivity index (χ0v) is 12.3. The lowest BCUT2D eigenvalue weighted by Crippen LogP contribution is -2.69. The van der Waals surface area contributed by atoms with Crippen LogP contribution in [0.3, 0.4) is 0 Å². The van der Waals surface area contributed by atoms with E-state index in [-0.39, 0.29) is 11.8 Å². The van der Waals surface area contributed by atoms with Crippen LogP contribution in [0.25, 0.3) is 0 Å². The summed E-state index contributed by atoms with van der Waals surface area (Å²) in [5.41, 5.74) is -0.769. The lowest BCUT2D eigenvalue weighted by atomic mass is 9.86. The number of furan rings is 1. The second-order valence-electron chi connectivity index (χ2n) is 5.21. The van der Waals surface area contributed by atoms with E-state index in [0.717, 1.165) is 0 Å². The molecule has 0 aromatic carbocycles. The van der Waals surface area contributed by atoms with Crippen LogP contribution >= 0.6 is 0 Å². The van der Waals surface area contributed by atoms with Crippen LogP contribution in [0.1, 0.15) is 45.8 Å². The SMILES string of the molecule is CCC1C(=O)NC(CC)(CC)C(=O)N1Cc1ccco1. The Labute approximate surface area is 119 Å². The highest BCUT2D eigenvalue weighted by molar-refractivity contribution is 5.99. The van der Waals surface area contributed by atoms with Crippen LogP contribution < -0.4 is 5.32 Å². The predicted octanol–water partition coefficient (Wildman–Crippen LogP) is 2.08. The normalized spacial score (nSPS) is 21.9. The molecule has 5 nitrogen and oxygen atoms in total. The van der Waals surface area contributed by atoms with Crippen LogP contribution in [0.2, 0.25) is 0 Å². The summed E-state index contributed by atoms with van der Waals surface area (Å²) in [7, 11) is 0. The van der Waals surface area contributed by atoms with Crippen LogP contribution in [0.15, 0.2) is 22.8 Å². The minimum absolute atomic E-state index is 0.00894. The van der Waals surface area contributed by atoms with Gasteiger partial charge in [-0.15, -0.1) is 0 Å². The van der Waals surface area contributed by atoms with Gasteiger partial charge in [-0.3, -0.25) is 9.59 Å². The van der Waals surface area contributed by atoms with E-state index >= 15 is 0 Å². The first-order chi connectivity index (χ1) is 9.57. The first-order valence-electron chi connectivity index (χ1n) is 7.23. The van der Waals surface area contributed by atoms with E-state index in [2.05, 4.69) is 5.32 Å². The minimum Gasteiger partial charge on any atom is -0.467 e. The molecule has 2 amide bonds. The second kappa shape index (κ2) is 5.69. The smallest absolute Gasteiger partial charge is 0.249 e. The number of rotatable bonds is 5. The first kappa shape index (κ1) is 14.6. The second-order valence-corrected chi connectivity index (χ2v) is 5.21. The maximum absolute atomic E-state index is 12.8. The van der Waals surface area contributed by atoms with Crippen molar-refractivity contribution in [3.63, 3.8) is 0 Å². The molecule has 0 aliphatic carbocycles. The molecule has 0 bridgehead atoms. The number of nitrogens with one attached hydrogen (secondary N) is 1. The predicted molar refractivity (Wildman–Crippen MR) is 74.8 cm³/mol. The Balaban J connectivity index is 2.32. The summed E-state index contributed by atoms with van der Waals surface area (Å²) in [5.74, 6) is 0.625. The molecule has 1 aliphatic rings. The Morgan fingerprint density at radius 3 is 2.50 bits per heavy atom. The van der Waals surface area contributed by atoms with Crippen LogP contribution in [0.4, 0.5) is 0 Å². The Morgan fingerprint density at radius 1 is 1.30 bits per heavy atom. The minimum atomic E-state index is -0.769. The van der Waals surface area contributed by atoms with Gasteiger partial charge in [0.2, 0.25) is 11.8 Å². The van der Waals surface area contributed by atoms with Crippen molar-refractivity contribution in [1.29, 1.82) is 0 Å². The van der Waals surface area contributed by atoms with E-state index in [4.69, 9.17) is 4.42 Å². The van der Waals surface area contributed by atoms with Gasteiger partial charge in [0.15, 0.2) is 0 Å². The molecule has 1 fully saturated rings. The van der Waals surface area contributed by atoms with Crippen molar-refractivity contribution >= 4 is 11.8 Å². The van der Waals surface area contributed by atoms with Gasteiger partial charge >= 0.3 is 0 Å². The molecule has 2 heterocycles. The summed E-state index contributed by atoms with van der Waals surface area (Å²) in [4.78, 5) is 26.8. The van der Waals surface area contributed by atoms with Crippen LogP contribution in [0.5, 0.6) is 0 Å². The Morgan fingerprint density at radius 2 is 2.00 bits per heavy atom. The van der Waals surface area contributed by atoms with Gasteiger partial charge in [0, 0.05) is 0 Å². The molecule has 1 unspecified atom stereocenters. The number of piperazine rings is 1. The van der Waals surface area contributed by atoms with E-state index in [1.165, 1.54) is 0 Å². The molecule has 1 aromatic rings. The van der Waals surface area contributed by atoms with E-state index in [9.17, 15) is 9.59 Å². The van der Waals surface area contributed by atoms with Crippen LogP contribution in [0, 0.1) is 0 Å². The standard InChI is InChI=1S/C15H22N2O3/c1-4-12-13(18)16-15(5-2,6-3)14(19)17(12)10-11-8-7-9-20-11/h7-9,12H,4-6,10H2,1-3H3,(H,16,18). The number of nitrogens with zero attached hydrogens (tertiary/aromatic N) is 1. The largest absolute Gasteiger partial charge is 0.467 e. The summed E-state index contributed by atoms with van der Waals surface area (Å²) in [6.45, 7) is 6.12. The topological polar surface area (TPSA) is 62.6 Å². The van der Waals surface area contributed by atoms with Crippen molar-refractivity contribution in [3.8, 4) is 0 Å². The van der Waals surface area contributed by atoms with E-state index in [0.29, 0.717) is 31.6 Å². The molecule has 1 N–H and O–H groups in total. The summed E-state index contributed by atoms with van der Waals surface area (Å²) in [6.07, 6.45) is 3.37. The monoisotopic (exact) mass is 278 g/mol. The molecule has 5 heteroatoms. The maximum Gasteiger partial charge on any atom is 0.249 e. The molecule has 2 rings (SSSR count). The van der Waals surface area contributed by atoms with Gasteiger partial charge in [-0.25, -0.2) is 0 Å². The zero-order chi connectivity index (χ0) is 14.8. The third kappa shape index (κ3) is 2.32. The summed E-state index contributed by atoms with van der Waals surface area (Å²) in [5, 5.41) is 2.93. The molecule has 20 heavy (non-hydrogen) atoms. The highest BCUT2D eigenvalue weighted by atomic mass is 16.3. The fraction of sp³-hybridized carbons (Fsp3) is 0.600. The lowest BCUT2D eigenvalue weighted by Gasteiger charge is -2.45. The Bertz CT molecular complexity index is 477. The van der Waals surface area contributed by atoms with Crippen LogP contribution in [-0.4, -0.2) is 28.3 Å². The van der Waals surface area contributed by atoms with E-state index < -0.39 is 11.6 Å². The van der Waals surface area contributed by atoms with E-state index in [1.54, 1.807) is 17.2 Å². The summed E-state index contributed by atoms with van der Waals surface area (Å²) < 4.78 is 5.32. The molecular formula is C15H22N2O3. The zero-order valence-electron chi connectivity index (χ0n) is 12.3. The quantitative estimate of drug-likeness (QED) is 0.897. The van der Waals surface area contributed by atoms with Crippen LogP contribution in [-0.2, 0) is 16.1 Å². The molecule has 0 spiro atoms. The number of carbonyl (C=O) groups is 2. The van der Waals surface area contributed by atoms with Crippen molar-refractivity contribution < 1.29 is 14.0 Å². The van der Waals surface area contributed by atoms with Gasteiger partial charge in [-0.1, -0.05) is 20.8 Å². The van der Waals surface area contributed by atoms with Crippen molar-refractivity contribution in [2.75, 3.05) is 0 Å². The molecule has 1 aliphatic heterocycles. The third-order valence-corrected chi connectivity index (χ3v) is 4.21. The number of hydrogen-bond acceptors (Lipinski definition) is 3. The molecule has 1 saturated heterocycles. The van der Waals surface area contributed by atoms with Gasteiger partial charge in [0.05, 0.1) is 12.8 Å². The third-order valence-electron chi connectivity index (χ3n) is 4.21. The maximum atomic E-state index is 12.8. The molecule has 0 radical (unpaired) electrons. The molecule has 110 valence electrons. The van der Waals surface area contributed by atoms with Gasteiger partial charge in [0.25, 0.3) is 0 Å². The first-order valence-corrected chi connectivity index (χ1v) is 7.23. The van der Waals surface area contributed by atoms with Gasteiger partial charge in [-0.05, 0) is 31.4 Å². The Hall–Kier alpha value is -1.78. The van der Waals surface area contributed by atoms with Gasteiger partial charge < -0.3 is 14.6 Å². The van der Waals surface area contributed by atoms with Gasteiger partial charge in [0.1, 0.15) is 17.3 Å².